The van der Waals surface area contributed by atoms with Crippen LogP contribution in [0, 0.1) is 0 Å². The fourth-order valence-electron chi connectivity index (χ4n) is 2.81. The highest BCUT2D eigenvalue weighted by atomic mass is 16.5. The molecule has 5 nitrogen and oxygen atoms in total. The molecule has 2 aliphatic heterocycles. The summed E-state index contributed by atoms with van der Waals surface area (Å²) in [6, 6.07) is 6.36. The first-order chi connectivity index (χ1) is 9.40. The van der Waals surface area contributed by atoms with E-state index < -0.39 is 0 Å². The Morgan fingerprint density at radius 1 is 1.11 bits per heavy atom. The second-order valence-corrected chi connectivity index (χ2v) is 5.18. The molecule has 0 aliphatic carbocycles. The predicted octanol–water partition coefficient (Wildman–Crippen LogP) is 1.94. The third kappa shape index (κ3) is 1.90. The molecule has 0 amide bonds. The summed E-state index contributed by atoms with van der Waals surface area (Å²) in [4.78, 5) is 6.70. The Balaban J connectivity index is 1.65. The highest BCUT2D eigenvalue weighted by Gasteiger charge is 2.19. The largest absolute Gasteiger partial charge is 0.338 e. The molecule has 0 atom stereocenters. The summed E-state index contributed by atoms with van der Waals surface area (Å²) in [7, 11) is 0. The number of rotatable bonds is 2. The molecular formula is C14H16N4O. The van der Waals surface area contributed by atoms with Crippen molar-refractivity contribution in [1.29, 1.82) is 0 Å². The van der Waals surface area contributed by atoms with Gasteiger partial charge in [-0.1, -0.05) is 6.07 Å². The summed E-state index contributed by atoms with van der Waals surface area (Å²) >= 11 is 0. The number of nitrogens with one attached hydrogen (secondary N) is 1. The van der Waals surface area contributed by atoms with Crippen LogP contribution in [-0.4, -0.2) is 23.2 Å². The van der Waals surface area contributed by atoms with Crippen molar-refractivity contribution >= 4 is 5.95 Å². The van der Waals surface area contributed by atoms with Gasteiger partial charge in [-0.15, -0.1) is 0 Å². The number of fused-ring (bicyclic) bond motifs is 1. The lowest BCUT2D eigenvalue weighted by atomic mass is 10.1. The van der Waals surface area contributed by atoms with Crippen molar-refractivity contribution in [3.63, 3.8) is 0 Å². The van der Waals surface area contributed by atoms with E-state index in [2.05, 4.69) is 38.6 Å². The maximum absolute atomic E-state index is 5.40. The van der Waals surface area contributed by atoms with Gasteiger partial charge in [0.15, 0.2) is 0 Å². The zero-order valence-corrected chi connectivity index (χ0v) is 10.7. The molecule has 5 heteroatoms. The molecule has 0 bridgehead atoms. The topological polar surface area (TPSA) is 54.2 Å². The van der Waals surface area contributed by atoms with Crippen molar-refractivity contribution in [2.24, 2.45) is 0 Å². The molecule has 1 N–H and O–H groups in total. The summed E-state index contributed by atoms with van der Waals surface area (Å²) in [6.07, 6.45) is 2.43. The summed E-state index contributed by atoms with van der Waals surface area (Å²) in [5, 5.41) is 7.43. The molecule has 0 saturated carbocycles. The Labute approximate surface area is 111 Å². The van der Waals surface area contributed by atoms with E-state index in [1.54, 1.807) is 0 Å². The van der Waals surface area contributed by atoms with Gasteiger partial charge in [0.2, 0.25) is 0 Å². The van der Waals surface area contributed by atoms with Crippen LogP contribution >= 0.6 is 0 Å². The number of aromatic nitrogens is 2. The fraction of sp³-hybridized carbons (Fsp3) is 0.429. The van der Waals surface area contributed by atoms with Crippen LogP contribution in [0.15, 0.2) is 22.7 Å². The summed E-state index contributed by atoms with van der Waals surface area (Å²) in [5.74, 6) is 1.35. The van der Waals surface area contributed by atoms with Gasteiger partial charge in [0, 0.05) is 31.7 Å². The van der Waals surface area contributed by atoms with Crippen LogP contribution in [0.1, 0.15) is 24.0 Å². The molecule has 1 aromatic heterocycles. The lowest BCUT2D eigenvalue weighted by molar-refractivity contribution is 0.430. The normalized spacial score (nSPS) is 18.0. The van der Waals surface area contributed by atoms with Crippen molar-refractivity contribution in [2.45, 2.75) is 25.9 Å². The molecule has 1 saturated heterocycles. The molecule has 4 rings (SSSR count). The van der Waals surface area contributed by atoms with Gasteiger partial charge in [0.25, 0.3) is 11.8 Å². The number of hydrogen-bond acceptors (Lipinski definition) is 5. The van der Waals surface area contributed by atoms with Gasteiger partial charge < -0.3 is 14.7 Å². The molecule has 2 aliphatic rings. The number of benzene rings is 1. The minimum Gasteiger partial charge on any atom is -0.338 e. The predicted molar refractivity (Wildman–Crippen MR) is 71.7 cm³/mol. The fourth-order valence-corrected chi connectivity index (χ4v) is 2.81. The maximum Gasteiger partial charge on any atom is 0.266 e. The second-order valence-electron chi connectivity index (χ2n) is 5.18. The highest BCUT2D eigenvalue weighted by Crippen LogP contribution is 2.26. The first-order valence-electron chi connectivity index (χ1n) is 6.82. The van der Waals surface area contributed by atoms with Crippen LogP contribution in [-0.2, 0) is 13.1 Å². The van der Waals surface area contributed by atoms with E-state index in [0.29, 0.717) is 5.89 Å². The molecule has 1 aromatic carbocycles. The quantitative estimate of drug-likeness (QED) is 0.890. The van der Waals surface area contributed by atoms with E-state index in [1.807, 2.05) is 0 Å². The molecule has 0 unspecified atom stereocenters. The Morgan fingerprint density at radius 2 is 1.95 bits per heavy atom. The summed E-state index contributed by atoms with van der Waals surface area (Å²) < 4.78 is 5.40. The van der Waals surface area contributed by atoms with Crippen LogP contribution < -0.4 is 10.2 Å². The van der Waals surface area contributed by atoms with Crippen molar-refractivity contribution in [2.75, 3.05) is 18.0 Å². The molecule has 2 aromatic rings. The zero-order chi connectivity index (χ0) is 12.7. The zero-order valence-electron chi connectivity index (χ0n) is 10.7. The van der Waals surface area contributed by atoms with Crippen molar-refractivity contribution in [1.82, 2.24) is 15.5 Å². The van der Waals surface area contributed by atoms with Gasteiger partial charge in [0.1, 0.15) is 0 Å². The second kappa shape index (κ2) is 4.35. The third-order valence-corrected chi connectivity index (χ3v) is 3.89. The SMILES string of the molecule is c1cc2c(cc1-c1nc(N3CCCC3)no1)CNC2. The van der Waals surface area contributed by atoms with Crippen LogP contribution in [0.3, 0.4) is 0 Å². The minimum absolute atomic E-state index is 0.622. The van der Waals surface area contributed by atoms with Gasteiger partial charge in [-0.05, 0) is 41.3 Å². The Morgan fingerprint density at radius 3 is 2.84 bits per heavy atom. The van der Waals surface area contributed by atoms with Gasteiger partial charge in [0.05, 0.1) is 0 Å². The molecule has 0 spiro atoms. The van der Waals surface area contributed by atoms with Crippen LogP contribution in [0.4, 0.5) is 5.95 Å². The van der Waals surface area contributed by atoms with E-state index >= 15 is 0 Å². The lowest BCUT2D eigenvalue weighted by Gasteiger charge is -2.09. The lowest BCUT2D eigenvalue weighted by Crippen LogP contribution is -2.18. The maximum atomic E-state index is 5.40. The monoisotopic (exact) mass is 256 g/mol. The minimum atomic E-state index is 0.622. The van der Waals surface area contributed by atoms with Gasteiger partial charge in [-0.2, -0.15) is 4.98 Å². The van der Waals surface area contributed by atoms with Crippen LogP contribution in [0.25, 0.3) is 11.5 Å². The van der Waals surface area contributed by atoms with E-state index in [9.17, 15) is 0 Å². The smallest absolute Gasteiger partial charge is 0.266 e. The van der Waals surface area contributed by atoms with Crippen molar-refractivity contribution < 1.29 is 4.52 Å². The van der Waals surface area contributed by atoms with Crippen molar-refractivity contribution in [3.05, 3.63) is 29.3 Å². The van der Waals surface area contributed by atoms with Gasteiger partial charge in [-0.25, -0.2) is 0 Å². The summed E-state index contributed by atoms with van der Waals surface area (Å²) in [5.41, 5.74) is 3.71. The Bertz CT molecular complexity index is 601. The molecule has 19 heavy (non-hydrogen) atoms. The highest BCUT2D eigenvalue weighted by molar-refractivity contribution is 5.57. The van der Waals surface area contributed by atoms with Gasteiger partial charge >= 0.3 is 0 Å². The van der Waals surface area contributed by atoms with Crippen molar-refractivity contribution in [3.8, 4) is 11.5 Å². The summed E-state index contributed by atoms with van der Waals surface area (Å²) in [6.45, 7) is 3.95. The van der Waals surface area contributed by atoms with E-state index in [4.69, 9.17) is 4.52 Å². The van der Waals surface area contributed by atoms with E-state index in [1.165, 1.54) is 24.0 Å². The standard InChI is InChI=1S/C14H16N4O/c1-2-6-18(5-1)14-16-13(19-17-14)10-3-4-11-8-15-9-12(11)7-10/h3-4,7,15H,1-2,5-6,8-9H2. The molecule has 0 radical (unpaired) electrons. The molecule has 3 heterocycles. The molecule has 98 valence electrons. The molecular weight excluding hydrogens is 240 g/mol. The van der Waals surface area contributed by atoms with E-state index in [0.717, 1.165) is 37.7 Å². The first kappa shape index (κ1) is 11.0. The number of nitrogens with zero attached hydrogens (tertiary/aromatic N) is 3. The van der Waals surface area contributed by atoms with E-state index in [-0.39, 0.29) is 0 Å². The molecule has 1 fully saturated rings. The van der Waals surface area contributed by atoms with Crippen LogP contribution in [0.2, 0.25) is 0 Å². The first-order valence-corrected chi connectivity index (χ1v) is 6.82. The number of anilines is 1. The Hall–Kier alpha value is -1.88. The van der Waals surface area contributed by atoms with Gasteiger partial charge in [-0.3, -0.25) is 0 Å². The third-order valence-electron chi connectivity index (χ3n) is 3.89. The number of hydrogen-bond donors (Lipinski definition) is 1. The van der Waals surface area contributed by atoms with Crippen LogP contribution in [0.5, 0.6) is 0 Å². The average Bonchev–Trinajstić information content (AvgIpc) is 3.18. The average molecular weight is 256 g/mol. The Kier molecular flexibility index (Phi) is 2.51.